The summed E-state index contributed by atoms with van der Waals surface area (Å²) < 4.78 is 0. The fraction of sp³-hybridized carbons (Fsp3) is 0.333. The van der Waals surface area contributed by atoms with Gasteiger partial charge in [0.25, 0.3) is 0 Å². The number of benzene rings is 2. The zero-order chi connectivity index (χ0) is 18.9. The fourth-order valence-electron chi connectivity index (χ4n) is 3.21. The highest BCUT2D eigenvalue weighted by atomic mass is 16.4. The Morgan fingerprint density at radius 2 is 1.31 bits per heavy atom. The van der Waals surface area contributed by atoms with Gasteiger partial charge in [-0.2, -0.15) is 0 Å². The average molecular weight is 355 g/mol. The predicted octanol–water partition coefficient (Wildman–Crippen LogP) is 3.49. The van der Waals surface area contributed by atoms with Crippen LogP contribution in [0.15, 0.2) is 60.7 Å². The van der Waals surface area contributed by atoms with Crippen molar-refractivity contribution in [2.24, 2.45) is 11.7 Å². The van der Waals surface area contributed by atoms with E-state index >= 15 is 0 Å². The van der Waals surface area contributed by atoms with Crippen molar-refractivity contribution in [1.29, 1.82) is 0 Å². The maximum atomic E-state index is 11.4. The summed E-state index contributed by atoms with van der Waals surface area (Å²) in [5.74, 6) is -2.71. The SMILES string of the molecule is N[C@H](C[C@@H](CCCC(c1ccccc1)c1ccccc1)C(=O)O)C(=O)O. The molecule has 0 saturated carbocycles. The second-order valence-electron chi connectivity index (χ2n) is 6.52. The Kier molecular flexibility index (Phi) is 7.36. The first kappa shape index (κ1) is 19.7. The van der Waals surface area contributed by atoms with E-state index in [1.807, 2.05) is 36.4 Å². The van der Waals surface area contributed by atoms with Crippen molar-refractivity contribution < 1.29 is 19.8 Å². The lowest BCUT2D eigenvalue weighted by Gasteiger charge is -2.20. The Balaban J connectivity index is 2.05. The van der Waals surface area contributed by atoms with Crippen LogP contribution in [0.4, 0.5) is 0 Å². The molecule has 0 bridgehead atoms. The molecule has 138 valence electrons. The zero-order valence-electron chi connectivity index (χ0n) is 14.6. The number of hydrogen-bond donors (Lipinski definition) is 3. The highest BCUT2D eigenvalue weighted by Gasteiger charge is 2.24. The van der Waals surface area contributed by atoms with E-state index in [4.69, 9.17) is 10.8 Å². The summed E-state index contributed by atoms with van der Waals surface area (Å²) in [5, 5.41) is 18.3. The molecule has 0 unspecified atom stereocenters. The van der Waals surface area contributed by atoms with Crippen LogP contribution in [0.2, 0.25) is 0 Å². The highest BCUT2D eigenvalue weighted by Crippen LogP contribution is 2.30. The minimum atomic E-state index is -1.16. The molecule has 0 saturated heterocycles. The molecule has 0 heterocycles. The van der Waals surface area contributed by atoms with Gasteiger partial charge in [-0.3, -0.25) is 9.59 Å². The van der Waals surface area contributed by atoms with E-state index in [0.29, 0.717) is 12.8 Å². The van der Waals surface area contributed by atoms with Gasteiger partial charge in [-0.25, -0.2) is 0 Å². The average Bonchev–Trinajstić information content (AvgIpc) is 2.65. The molecule has 0 amide bonds. The first-order valence-electron chi connectivity index (χ1n) is 8.80. The molecule has 2 aromatic rings. The van der Waals surface area contributed by atoms with E-state index in [-0.39, 0.29) is 12.3 Å². The van der Waals surface area contributed by atoms with Crippen LogP contribution >= 0.6 is 0 Å². The first-order valence-corrected chi connectivity index (χ1v) is 8.80. The number of rotatable bonds is 10. The number of aliphatic carboxylic acids is 2. The zero-order valence-corrected chi connectivity index (χ0v) is 14.6. The van der Waals surface area contributed by atoms with Gasteiger partial charge in [-0.05, 0) is 30.4 Å². The molecule has 5 heteroatoms. The van der Waals surface area contributed by atoms with E-state index in [9.17, 15) is 14.7 Å². The van der Waals surface area contributed by atoms with Gasteiger partial charge in [0.15, 0.2) is 0 Å². The smallest absolute Gasteiger partial charge is 0.320 e. The monoisotopic (exact) mass is 355 g/mol. The molecule has 0 fully saturated rings. The minimum Gasteiger partial charge on any atom is -0.481 e. The van der Waals surface area contributed by atoms with Crippen molar-refractivity contribution >= 4 is 11.9 Å². The molecule has 5 nitrogen and oxygen atoms in total. The summed E-state index contributed by atoms with van der Waals surface area (Å²) in [7, 11) is 0. The molecule has 0 spiro atoms. The maximum absolute atomic E-state index is 11.4. The Hall–Kier alpha value is -2.66. The number of hydrogen-bond acceptors (Lipinski definition) is 3. The van der Waals surface area contributed by atoms with Gasteiger partial charge in [0, 0.05) is 5.92 Å². The lowest BCUT2D eigenvalue weighted by molar-refractivity contribution is -0.143. The summed E-state index contributed by atoms with van der Waals surface area (Å²) in [5.41, 5.74) is 7.88. The van der Waals surface area contributed by atoms with Crippen LogP contribution in [0.3, 0.4) is 0 Å². The van der Waals surface area contributed by atoms with E-state index in [2.05, 4.69) is 24.3 Å². The standard InChI is InChI=1S/C21H25NO4/c22-19(21(25)26)14-17(20(23)24)12-7-13-18(15-8-3-1-4-9-15)16-10-5-2-6-11-16/h1-6,8-11,17-19H,7,12-14,22H2,(H,23,24)(H,25,26)/t17-,19-/m1/s1. The van der Waals surface area contributed by atoms with Gasteiger partial charge >= 0.3 is 11.9 Å². The fourth-order valence-corrected chi connectivity index (χ4v) is 3.21. The van der Waals surface area contributed by atoms with Crippen molar-refractivity contribution in [2.45, 2.75) is 37.6 Å². The maximum Gasteiger partial charge on any atom is 0.320 e. The largest absolute Gasteiger partial charge is 0.481 e. The highest BCUT2D eigenvalue weighted by molar-refractivity contribution is 5.75. The molecule has 0 aliphatic heterocycles. The van der Waals surface area contributed by atoms with Crippen LogP contribution in [0.25, 0.3) is 0 Å². The van der Waals surface area contributed by atoms with Crippen LogP contribution in [0.1, 0.15) is 42.7 Å². The van der Waals surface area contributed by atoms with Crippen LogP contribution < -0.4 is 5.73 Å². The molecule has 0 aliphatic rings. The van der Waals surface area contributed by atoms with Crippen molar-refractivity contribution in [3.05, 3.63) is 71.8 Å². The Morgan fingerprint density at radius 3 is 1.73 bits per heavy atom. The Morgan fingerprint density at radius 1 is 0.808 bits per heavy atom. The Bertz CT molecular complexity index is 663. The van der Waals surface area contributed by atoms with Gasteiger partial charge in [0.1, 0.15) is 6.04 Å². The summed E-state index contributed by atoms with van der Waals surface area (Å²) >= 11 is 0. The number of carbonyl (C=O) groups is 2. The molecule has 2 atom stereocenters. The van der Waals surface area contributed by atoms with Crippen molar-refractivity contribution in [3.8, 4) is 0 Å². The van der Waals surface area contributed by atoms with Crippen LogP contribution in [0, 0.1) is 5.92 Å². The molecule has 0 aromatic heterocycles. The molecule has 26 heavy (non-hydrogen) atoms. The molecule has 2 rings (SSSR count). The molecule has 0 aliphatic carbocycles. The van der Waals surface area contributed by atoms with E-state index in [0.717, 1.165) is 6.42 Å². The molecular formula is C21H25NO4. The molecule has 2 aromatic carbocycles. The Labute approximate surface area is 153 Å². The quantitative estimate of drug-likeness (QED) is 0.606. The van der Waals surface area contributed by atoms with Gasteiger partial charge < -0.3 is 15.9 Å². The summed E-state index contributed by atoms with van der Waals surface area (Å²) in [6.07, 6.45) is 1.83. The van der Waals surface area contributed by atoms with Gasteiger partial charge in [0.2, 0.25) is 0 Å². The van der Waals surface area contributed by atoms with Gasteiger partial charge in [-0.15, -0.1) is 0 Å². The third-order valence-electron chi connectivity index (χ3n) is 4.65. The van der Waals surface area contributed by atoms with Gasteiger partial charge in [-0.1, -0.05) is 67.1 Å². The molecule has 0 radical (unpaired) electrons. The number of carboxylic acid groups (broad SMARTS) is 2. The minimum absolute atomic E-state index is 0.0496. The third-order valence-corrected chi connectivity index (χ3v) is 4.65. The van der Waals surface area contributed by atoms with Crippen molar-refractivity contribution in [2.75, 3.05) is 0 Å². The number of nitrogens with two attached hydrogens (primary N) is 1. The van der Waals surface area contributed by atoms with Crippen LogP contribution in [-0.2, 0) is 9.59 Å². The second kappa shape index (κ2) is 9.73. The van der Waals surface area contributed by atoms with Gasteiger partial charge in [0.05, 0.1) is 5.92 Å². The predicted molar refractivity (Wildman–Crippen MR) is 99.9 cm³/mol. The lowest BCUT2D eigenvalue weighted by Crippen LogP contribution is -2.34. The van der Waals surface area contributed by atoms with Crippen LogP contribution in [-0.4, -0.2) is 28.2 Å². The topological polar surface area (TPSA) is 101 Å². The first-order chi connectivity index (χ1) is 12.5. The second-order valence-corrected chi connectivity index (χ2v) is 6.52. The molecular weight excluding hydrogens is 330 g/mol. The van der Waals surface area contributed by atoms with Crippen LogP contribution in [0.5, 0.6) is 0 Å². The summed E-state index contributed by atoms with van der Waals surface area (Å²) in [6, 6.07) is 19.1. The normalized spacial score (nSPS) is 13.3. The number of carboxylic acids is 2. The summed E-state index contributed by atoms with van der Waals surface area (Å²) in [6.45, 7) is 0. The van der Waals surface area contributed by atoms with E-state index in [1.54, 1.807) is 0 Å². The van der Waals surface area contributed by atoms with E-state index in [1.165, 1.54) is 11.1 Å². The van der Waals surface area contributed by atoms with Crippen molar-refractivity contribution in [3.63, 3.8) is 0 Å². The van der Waals surface area contributed by atoms with E-state index < -0.39 is 23.9 Å². The summed E-state index contributed by atoms with van der Waals surface area (Å²) in [4.78, 5) is 22.3. The molecule has 4 N–H and O–H groups in total. The van der Waals surface area contributed by atoms with Crippen molar-refractivity contribution in [1.82, 2.24) is 0 Å². The third kappa shape index (κ3) is 5.70. The lowest BCUT2D eigenvalue weighted by atomic mass is 9.85.